The van der Waals surface area contributed by atoms with Crippen LogP contribution in [0.3, 0.4) is 0 Å². The molecule has 0 aliphatic carbocycles. The molecule has 100 valence electrons. The first-order valence-electron chi connectivity index (χ1n) is 6.14. The molecule has 0 heterocycles. The zero-order valence-corrected chi connectivity index (χ0v) is 12.0. The summed E-state index contributed by atoms with van der Waals surface area (Å²) >= 11 is 12.0. The molecule has 0 amide bonds. The molecule has 2 nitrogen and oxygen atoms in total. The van der Waals surface area contributed by atoms with Crippen LogP contribution in [0.15, 0.2) is 36.4 Å². The highest BCUT2D eigenvalue weighted by Crippen LogP contribution is 2.22. The quantitative estimate of drug-likeness (QED) is 0.825. The maximum atomic E-state index is 5.99. The van der Waals surface area contributed by atoms with Crippen molar-refractivity contribution in [2.45, 2.75) is 19.3 Å². The van der Waals surface area contributed by atoms with E-state index in [0.29, 0.717) is 21.4 Å². The largest absolute Gasteiger partial charge is 0.398 e. The van der Waals surface area contributed by atoms with Crippen LogP contribution in [0, 0.1) is 0 Å². The van der Waals surface area contributed by atoms with E-state index in [-0.39, 0.29) is 0 Å². The standard InChI is InChI=1S/C15H16Cl2N2/c16-12-8-10(4-6-14(12)18)2-1-3-11-5-7-15(19)13(17)9-11/h4-9H,1-3,18-19H2. The highest BCUT2D eigenvalue weighted by molar-refractivity contribution is 6.33. The van der Waals surface area contributed by atoms with Crippen LogP contribution in [0.25, 0.3) is 0 Å². The lowest BCUT2D eigenvalue weighted by Crippen LogP contribution is -1.93. The minimum Gasteiger partial charge on any atom is -0.398 e. The summed E-state index contributed by atoms with van der Waals surface area (Å²) in [6.45, 7) is 0. The molecule has 0 unspecified atom stereocenters. The lowest BCUT2D eigenvalue weighted by molar-refractivity contribution is 0.821. The normalized spacial score (nSPS) is 10.6. The molecule has 0 aliphatic rings. The van der Waals surface area contributed by atoms with E-state index in [1.54, 1.807) is 0 Å². The van der Waals surface area contributed by atoms with Crippen LogP contribution in [0.2, 0.25) is 10.0 Å². The summed E-state index contributed by atoms with van der Waals surface area (Å²) in [6, 6.07) is 11.6. The fourth-order valence-electron chi connectivity index (χ4n) is 1.95. The van der Waals surface area contributed by atoms with Crippen molar-refractivity contribution >= 4 is 34.6 Å². The predicted molar refractivity (Wildman–Crippen MR) is 83.8 cm³/mol. The monoisotopic (exact) mass is 294 g/mol. The first-order chi connectivity index (χ1) is 9.06. The zero-order chi connectivity index (χ0) is 13.8. The molecule has 2 aromatic rings. The maximum Gasteiger partial charge on any atom is 0.0638 e. The van der Waals surface area contributed by atoms with Crippen molar-refractivity contribution in [1.29, 1.82) is 0 Å². The lowest BCUT2D eigenvalue weighted by atomic mass is 10.0. The third-order valence-electron chi connectivity index (χ3n) is 3.06. The molecular weight excluding hydrogens is 279 g/mol. The first kappa shape index (κ1) is 14.0. The molecule has 4 heteroatoms. The number of rotatable bonds is 4. The topological polar surface area (TPSA) is 52.0 Å². The van der Waals surface area contributed by atoms with Crippen molar-refractivity contribution in [2.75, 3.05) is 11.5 Å². The molecule has 0 atom stereocenters. The molecule has 0 saturated carbocycles. The van der Waals surface area contributed by atoms with Gasteiger partial charge in [-0.05, 0) is 54.7 Å². The molecule has 0 spiro atoms. The first-order valence-corrected chi connectivity index (χ1v) is 6.89. The number of benzene rings is 2. The number of halogens is 2. The molecule has 0 bridgehead atoms. The Morgan fingerprint density at radius 3 is 1.53 bits per heavy atom. The Balaban J connectivity index is 1.92. The van der Waals surface area contributed by atoms with Crippen LogP contribution in [0.5, 0.6) is 0 Å². The molecule has 0 aliphatic heterocycles. The van der Waals surface area contributed by atoms with Gasteiger partial charge in [0.15, 0.2) is 0 Å². The van der Waals surface area contributed by atoms with Crippen molar-refractivity contribution in [2.24, 2.45) is 0 Å². The second kappa shape index (κ2) is 6.18. The van der Waals surface area contributed by atoms with Crippen LogP contribution in [0.1, 0.15) is 17.5 Å². The van der Waals surface area contributed by atoms with Gasteiger partial charge in [-0.3, -0.25) is 0 Å². The number of hydrogen-bond acceptors (Lipinski definition) is 2. The summed E-state index contributed by atoms with van der Waals surface area (Å²) in [4.78, 5) is 0. The van der Waals surface area contributed by atoms with Gasteiger partial charge < -0.3 is 11.5 Å². The van der Waals surface area contributed by atoms with Gasteiger partial charge in [0.05, 0.1) is 21.4 Å². The van der Waals surface area contributed by atoms with Gasteiger partial charge in [-0.15, -0.1) is 0 Å². The Bertz CT molecular complexity index is 531. The van der Waals surface area contributed by atoms with Crippen molar-refractivity contribution < 1.29 is 0 Å². The molecule has 0 radical (unpaired) electrons. The van der Waals surface area contributed by atoms with Crippen LogP contribution in [-0.2, 0) is 12.8 Å². The van der Waals surface area contributed by atoms with Crippen LogP contribution in [0.4, 0.5) is 11.4 Å². The van der Waals surface area contributed by atoms with Crippen molar-refractivity contribution in [1.82, 2.24) is 0 Å². The summed E-state index contributed by atoms with van der Waals surface area (Å²) in [5.74, 6) is 0. The van der Waals surface area contributed by atoms with Gasteiger partial charge in [-0.2, -0.15) is 0 Å². The molecule has 0 aromatic heterocycles. The van der Waals surface area contributed by atoms with Gasteiger partial charge in [0, 0.05) is 0 Å². The van der Waals surface area contributed by atoms with E-state index in [0.717, 1.165) is 19.3 Å². The molecule has 2 rings (SSSR count). The Morgan fingerprint density at radius 2 is 1.16 bits per heavy atom. The fraction of sp³-hybridized carbons (Fsp3) is 0.200. The second-order valence-electron chi connectivity index (χ2n) is 4.57. The zero-order valence-electron chi connectivity index (χ0n) is 10.5. The molecule has 4 N–H and O–H groups in total. The average molecular weight is 295 g/mol. The van der Waals surface area contributed by atoms with Gasteiger partial charge >= 0.3 is 0 Å². The van der Waals surface area contributed by atoms with Gasteiger partial charge in [0.2, 0.25) is 0 Å². The molecule has 0 fully saturated rings. The molecule has 2 aromatic carbocycles. The fourth-order valence-corrected chi connectivity index (χ4v) is 2.36. The summed E-state index contributed by atoms with van der Waals surface area (Å²) in [7, 11) is 0. The van der Waals surface area contributed by atoms with Crippen LogP contribution in [-0.4, -0.2) is 0 Å². The highest BCUT2D eigenvalue weighted by atomic mass is 35.5. The Morgan fingerprint density at radius 1 is 0.737 bits per heavy atom. The smallest absolute Gasteiger partial charge is 0.0638 e. The van der Waals surface area contributed by atoms with E-state index in [4.69, 9.17) is 34.7 Å². The van der Waals surface area contributed by atoms with E-state index in [1.807, 2.05) is 36.4 Å². The minimum atomic E-state index is 0.619. The predicted octanol–water partition coefficient (Wildman–Crippen LogP) is 4.33. The summed E-state index contributed by atoms with van der Waals surface area (Å²) < 4.78 is 0. The Hall–Kier alpha value is -1.38. The van der Waals surface area contributed by atoms with Crippen LogP contribution < -0.4 is 11.5 Å². The maximum absolute atomic E-state index is 5.99. The number of hydrogen-bond donors (Lipinski definition) is 2. The van der Waals surface area contributed by atoms with Gasteiger partial charge in [-0.1, -0.05) is 35.3 Å². The Kier molecular flexibility index (Phi) is 4.56. The van der Waals surface area contributed by atoms with E-state index in [9.17, 15) is 0 Å². The van der Waals surface area contributed by atoms with E-state index < -0.39 is 0 Å². The number of anilines is 2. The third-order valence-corrected chi connectivity index (χ3v) is 3.72. The molecular formula is C15H16Cl2N2. The average Bonchev–Trinajstić information content (AvgIpc) is 2.38. The number of aryl methyl sites for hydroxylation is 2. The lowest BCUT2D eigenvalue weighted by Gasteiger charge is -2.06. The van der Waals surface area contributed by atoms with Crippen molar-refractivity contribution in [3.05, 3.63) is 57.6 Å². The van der Waals surface area contributed by atoms with Gasteiger partial charge in [0.25, 0.3) is 0 Å². The number of nitrogen functional groups attached to an aromatic ring is 2. The summed E-state index contributed by atoms with van der Waals surface area (Å²) in [5.41, 5.74) is 15.0. The third kappa shape index (κ3) is 3.79. The Labute approximate surface area is 123 Å². The van der Waals surface area contributed by atoms with Gasteiger partial charge in [-0.25, -0.2) is 0 Å². The second-order valence-corrected chi connectivity index (χ2v) is 5.38. The van der Waals surface area contributed by atoms with Crippen molar-refractivity contribution in [3.8, 4) is 0 Å². The summed E-state index contributed by atoms with van der Waals surface area (Å²) in [5, 5.41) is 1.24. The minimum absolute atomic E-state index is 0.619. The summed E-state index contributed by atoms with van der Waals surface area (Å²) in [6.07, 6.45) is 2.95. The number of nitrogens with two attached hydrogens (primary N) is 2. The van der Waals surface area contributed by atoms with Gasteiger partial charge in [0.1, 0.15) is 0 Å². The van der Waals surface area contributed by atoms with Crippen molar-refractivity contribution in [3.63, 3.8) is 0 Å². The SMILES string of the molecule is Nc1ccc(CCCc2ccc(N)c(Cl)c2)cc1Cl. The molecule has 19 heavy (non-hydrogen) atoms. The van der Waals surface area contributed by atoms with E-state index in [2.05, 4.69) is 0 Å². The van der Waals surface area contributed by atoms with E-state index in [1.165, 1.54) is 11.1 Å². The van der Waals surface area contributed by atoms with Crippen LogP contribution >= 0.6 is 23.2 Å². The highest BCUT2D eigenvalue weighted by Gasteiger charge is 2.01. The molecule has 0 saturated heterocycles. The van der Waals surface area contributed by atoms with E-state index >= 15 is 0 Å².